The number of nitrogens with zero attached hydrogens (tertiary/aromatic N) is 4. The molecule has 1 N–H and O–H groups in total. The van der Waals surface area contributed by atoms with Crippen LogP contribution in [0.3, 0.4) is 0 Å². The molecular formula is C18H17ClFN5O2. The first kappa shape index (κ1) is 17.7. The number of amides is 1. The number of carbonyl (C=O) groups is 1. The molecular weight excluding hydrogens is 373 g/mol. The van der Waals surface area contributed by atoms with E-state index in [4.69, 9.17) is 16.3 Å². The lowest BCUT2D eigenvalue weighted by Gasteiger charge is -2.27. The van der Waals surface area contributed by atoms with Crippen LogP contribution in [0.4, 0.5) is 15.9 Å². The van der Waals surface area contributed by atoms with Crippen molar-refractivity contribution >= 4 is 40.0 Å². The number of halogens is 2. The Hall–Kier alpha value is -2.71. The van der Waals surface area contributed by atoms with Gasteiger partial charge in [-0.1, -0.05) is 11.6 Å². The highest BCUT2D eigenvalue weighted by atomic mass is 35.5. The van der Waals surface area contributed by atoms with Crippen LogP contribution in [0.25, 0.3) is 11.0 Å². The zero-order valence-corrected chi connectivity index (χ0v) is 15.3. The van der Waals surface area contributed by atoms with Gasteiger partial charge in [0.25, 0.3) is 5.91 Å². The van der Waals surface area contributed by atoms with Crippen LogP contribution in [0.1, 0.15) is 10.4 Å². The Morgan fingerprint density at radius 3 is 2.81 bits per heavy atom. The van der Waals surface area contributed by atoms with Gasteiger partial charge >= 0.3 is 0 Å². The molecule has 1 aliphatic rings. The smallest absolute Gasteiger partial charge is 0.257 e. The fraction of sp³-hybridized carbons (Fsp3) is 0.278. The van der Waals surface area contributed by atoms with Crippen LogP contribution in [0.15, 0.2) is 30.7 Å². The average Bonchev–Trinajstić information content (AvgIpc) is 3.08. The maximum Gasteiger partial charge on any atom is 0.257 e. The van der Waals surface area contributed by atoms with E-state index in [1.165, 1.54) is 18.3 Å². The molecule has 1 fully saturated rings. The molecule has 0 spiro atoms. The summed E-state index contributed by atoms with van der Waals surface area (Å²) in [4.78, 5) is 23.4. The standard InChI is InChI=1S/C18H17ClFN5O2/c1-24-10-22-15-16(24)12(18(26)25-4-6-27-7-5-25)9-21-17(15)23-11-2-3-14(20)13(19)8-11/h2-3,8-10H,4-7H2,1H3,(H,21,23). The number of aryl methyl sites for hydroxylation is 1. The van der Waals surface area contributed by atoms with Crippen LogP contribution in [0.5, 0.6) is 0 Å². The monoisotopic (exact) mass is 389 g/mol. The minimum absolute atomic E-state index is 0.0105. The second kappa shape index (κ2) is 7.13. The summed E-state index contributed by atoms with van der Waals surface area (Å²) in [5.41, 5.74) is 2.29. The number of pyridine rings is 1. The van der Waals surface area contributed by atoms with E-state index in [-0.39, 0.29) is 10.9 Å². The van der Waals surface area contributed by atoms with Crippen molar-refractivity contribution in [3.05, 3.63) is 47.1 Å². The van der Waals surface area contributed by atoms with Crippen LogP contribution in [-0.4, -0.2) is 51.6 Å². The van der Waals surface area contributed by atoms with Gasteiger partial charge in [-0.3, -0.25) is 4.79 Å². The molecule has 2 aromatic heterocycles. The zero-order chi connectivity index (χ0) is 19.0. The number of benzene rings is 1. The van der Waals surface area contributed by atoms with Crippen molar-refractivity contribution in [2.75, 3.05) is 31.6 Å². The Morgan fingerprint density at radius 2 is 2.07 bits per heavy atom. The summed E-state index contributed by atoms with van der Waals surface area (Å²) in [5, 5.41) is 3.10. The third kappa shape index (κ3) is 3.33. The Balaban J connectivity index is 1.72. The molecule has 0 aliphatic carbocycles. The molecule has 1 amide bonds. The maximum absolute atomic E-state index is 13.4. The Morgan fingerprint density at radius 1 is 1.30 bits per heavy atom. The number of ether oxygens (including phenoxy) is 1. The number of morpholine rings is 1. The first-order chi connectivity index (χ1) is 13.0. The lowest BCUT2D eigenvalue weighted by atomic mass is 10.2. The Kier molecular flexibility index (Phi) is 4.67. The van der Waals surface area contributed by atoms with Gasteiger partial charge in [0.2, 0.25) is 0 Å². The molecule has 1 saturated heterocycles. The van der Waals surface area contributed by atoms with Crippen LogP contribution < -0.4 is 5.32 Å². The third-order valence-electron chi connectivity index (χ3n) is 4.45. The molecule has 9 heteroatoms. The number of aromatic nitrogens is 3. The summed E-state index contributed by atoms with van der Waals surface area (Å²) >= 11 is 5.84. The average molecular weight is 390 g/mol. The number of nitrogens with one attached hydrogen (secondary N) is 1. The minimum Gasteiger partial charge on any atom is -0.378 e. The van der Waals surface area contributed by atoms with Crippen LogP contribution >= 0.6 is 11.6 Å². The number of fused-ring (bicyclic) bond motifs is 1. The summed E-state index contributed by atoms with van der Waals surface area (Å²) in [7, 11) is 1.82. The Bertz CT molecular complexity index is 1020. The first-order valence-electron chi connectivity index (χ1n) is 8.43. The highest BCUT2D eigenvalue weighted by Gasteiger charge is 2.24. The van der Waals surface area contributed by atoms with Crippen molar-refractivity contribution < 1.29 is 13.9 Å². The lowest BCUT2D eigenvalue weighted by molar-refractivity contribution is 0.0303. The second-order valence-corrected chi connectivity index (χ2v) is 6.64. The molecule has 1 aliphatic heterocycles. The molecule has 0 atom stereocenters. The molecule has 0 saturated carbocycles. The topological polar surface area (TPSA) is 72.3 Å². The third-order valence-corrected chi connectivity index (χ3v) is 4.74. The van der Waals surface area contributed by atoms with Gasteiger partial charge in [-0.05, 0) is 18.2 Å². The van der Waals surface area contributed by atoms with Crippen LogP contribution in [0.2, 0.25) is 5.02 Å². The van der Waals surface area contributed by atoms with E-state index in [1.54, 1.807) is 21.9 Å². The number of anilines is 2. The summed E-state index contributed by atoms with van der Waals surface area (Å²) in [6.07, 6.45) is 3.17. The summed E-state index contributed by atoms with van der Waals surface area (Å²) in [5.74, 6) is -0.132. The van der Waals surface area contributed by atoms with Gasteiger partial charge in [0.1, 0.15) is 11.3 Å². The van der Waals surface area contributed by atoms with E-state index in [2.05, 4.69) is 15.3 Å². The predicted octanol–water partition coefficient (Wildman–Crippen LogP) is 2.98. The number of imidazole rings is 1. The Labute approximate surface area is 159 Å². The van der Waals surface area contributed by atoms with Crippen molar-refractivity contribution in [1.82, 2.24) is 19.4 Å². The van der Waals surface area contributed by atoms with Gasteiger partial charge in [-0.2, -0.15) is 0 Å². The van der Waals surface area contributed by atoms with Gasteiger partial charge in [-0.15, -0.1) is 0 Å². The number of rotatable bonds is 3. The summed E-state index contributed by atoms with van der Waals surface area (Å²) in [6, 6.07) is 4.31. The van der Waals surface area contributed by atoms with Gasteiger partial charge in [0, 0.05) is 32.0 Å². The molecule has 0 radical (unpaired) electrons. The first-order valence-corrected chi connectivity index (χ1v) is 8.81. The van der Waals surface area contributed by atoms with Crippen LogP contribution in [-0.2, 0) is 11.8 Å². The number of carbonyl (C=O) groups excluding carboxylic acids is 1. The number of hydrogen-bond acceptors (Lipinski definition) is 5. The molecule has 0 unspecified atom stereocenters. The highest BCUT2D eigenvalue weighted by Crippen LogP contribution is 2.28. The molecule has 3 heterocycles. The van der Waals surface area contributed by atoms with Crippen molar-refractivity contribution in [1.29, 1.82) is 0 Å². The molecule has 0 bridgehead atoms. The predicted molar refractivity (Wildman–Crippen MR) is 99.9 cm³/mol. The maximum atomic E-state index is 13.4. The SMILES string of the molecule is Cn1cnc2c(Nc3ccc(F)c(Cl)c3)ncc(C(=O)N3CCOCC3)c21. The van der Waals surface area contributed by atoms with Crippen molar-refractivity contribution in [3.63, 3.8) is 0 Å². The van der Waals surface area contributed by atoms with Gasteiger partial charge in [0.15, 0.2) is 5.82 Å². The minimum atomic E-state index is -0.496. The van der Waals surface area contributed by atoms with E-state index < -0.39 is 5.82 Å². The zero-order valence-electron chi connectivity index (χ0n) is 14.6. The van der Waals surface area contributed by atoms with E-state index in [9.17, 15) is 9.18 Å². The fourth-order valence-electron chi connectivity index (χ4n) is 3.07. The van der Waals surface area contributed by atoms with E-state index in [0.717, 1.165) is 0 Å². The van der Waals surface area contributed by atoms with Crippen molar-refractivity contribution in [3.8, 4) is 0 Å². The van der Waals surface area contributed by atoms with Crippen LogP contribution in [0, 0.1) is 5.82 Å². The largest absolute Gasteiger partial charge is 0.378 e. The normalized spacial score (nSPS) is 14.6. The van der Waals surface area contributed by atoms with E-state index in [1.807, 2.05) is 7.05 Å². The van der Waals surface area contributed by atoms with E-state index in [0.29, 0.717) is 54.4 Å². The van der Waals surface area contributed by atoms with E-state index >= 15 is 0 Å². The summed E-state index contributed by atoms with van der Waals surface area (Å²) < 4.78 is 20.5. The molecule has 1 aromatic carbocycles. The van der Waals surface area contributed by atoms with Crippen molar-refractivity contribution in [2.24, 2.45) is 7.05 Å². The van der Waals surface area contributed by atoms with Gasteiger partial charge < -0.3 is 19.5 Å². The highest BCUT2D eigenvalue weighted by molar-refractivity contribution is 6.31. The second-order valence-electron chi connectivity index (χ2n) is 6.23. The molecule has 27 heavy (non-hydrogen) atoms. The molecule has 4 rings (SSSR count). The molecule has 3 aromatic rings. The molecule has 7 nitrogen and oxygen atoms in total. The van der Waals surface area contributed by atoms with Gasteiger partial charge in [0.05, 0.1) is 35.6 Å². The quantitative estimate of drug-likeness (QED) is 0.745. The fourth-order valence-corrected chi connectivity index (χ4v) is 3.25. The van der Waals surface area contributed by atoms with Gasteiger partial charge in [-0.25, -0.2) is 14.4 Å². The lowest BCUT2D eigenvalue weighted by Crippen LogP contribution is -2.40. The van der Waals surface area contributed by atoms with Crippen molar-refractivity contribution in [2.45, 2.75) is 0 Å². The summed E-state index contributed by atoms with van der Waals surface area (Å²) in [6.45, 7) is 2.15. The molecule has 140 valence electrons. The number of hydrogen-bond donors (Lipinski definition) is 1.